The molecule has 0 fully saturated rings. The number of pyridine rings is 1. The molecule has 0 unspecified atom stereocenters. The van der Waals surface area contributed by atoms with E-state index in [1.165, 1.54) is 12.1 Å². The van der Waals surface area contributed by atoms with Crippen LogP contribution in [0.3, 0.4) is 0 Å². The minimum Gasteiger partial charge on any atom is -0.364 e. The number of carbonyl (C=O) groups excluding carboxylic acids is 1. The molecule has 3 N–H and O–H groups in total. The normalized spacial score (nSPS) is 12.1. The highest BCUT2D eigenvalue weighted by molar-refractivity contribution is 7.89. The SMILES string of the molecule is CC(C)(C)NS(=O)(=O)c1ccccc1-c1cccc(C(N)=O)n1. The van der Waals surface area contributed by atoms with Crippen LogP contribution < -0.4 is 10.5 Å². The molecule has 1 amide bonds. The Hall–Kier alpha value is -2.25. The van der Waals surface area contributed by atoms with Crippen molar-refractivity contribution in [2.24, 2.45) is 5.73 Å². The molecule has 0 atom stereocenters. The Bertz CT molecular complexity index is 840. The summed E-state index contributed by atoms with van der Waals surface area (Å²) in [7, 11) is -3.74. The van der Waals surface area contributed by atoms with E-state index < -0.39 is 21.5 Å². The first-order valence-corrected chi connectivity index (χ1v) is 8.49. The molecule has 1 aromatic carbocycles. The molecule has 23 heavy (non-hydrogen) atoms. The molecule has 0 radical (unpaired) electrons. The second-order valence-electron chi connectivity index (χ2n) is 6.12. The quantitative estimate of drug-likeness (QED) is 0.892. The lowest BCUT2D eigenvalue weighted by Crippen LogP contribution is -2.40. The summed E-state index contributed by atoms with van der Waals surface area (Å²) in [6, 6.07) is 11.2. The van der Waals surface area contributed by atoms with E-state index in [-0.39, 0.29) is 10.6 Å². The number of nitrogens with zero attached hydrogens (tertiary/aromatic N) is 1. The van der Waals surface area contributed by atoms with Gasteiger partial charge in [-0.2, -0.15) is 0 Å². The number of sulfonamides is 1. The molecular weight excluding hydrogens is 314 g/mol. The molecule has 7 heteroatoms. The van der Waals surface area contributed by atoms with Crippen LogP contribution in [0, 0.1) is 0 Å². The maximum absolute atomic E-state index is 12.6. The molecule has 0 aliphatic heterocycles. The van der Waals surface area contributed by atoms with Gasteiger partial charge in [-0.1, -0.05) is 24.3 Å². The van der Waals surface area contributed by atoms with Crippen molar-refractivity contribution < 1.29 is 13.2 Å². The number of carbonyl (C=O) groups is 1. The first kappa shape index (κ1) is 17.1. The Kier molecular flexibility index (Phi) is 4.53. The molecule has 0 aliphatic rings. The molecule has 0 aliphatic carbocycles. The van der Waals surface area contributed by atoms with Gasteiger partial charge in [0.2, 0.25) is 10.0 Å². The van der Waals surface area contributed by atoms with E-state index >= 15 is 0 Å². The second kappa shape index (κ2) is 6.10. The number of primary amides is 1. The Labute approximate surface area is 135 Å². The summed E-state index contributed by atoms with van der Waals surface area (Å²) in [4.78, 5) is 15.5. The van der Waals surface area contributed by atoms with Gasteiger partial charge in [0.15, 0.2) is 0 Å². The third-order valence-electron chi connectivity index (χ3n) is 2.89. The summed E-state index contributed by atoms with van der Waals surface area (Å²) in [5.74, 6) is -0.667. The van der Waals surface area contributed by atoms with Crippen molar-refractivity contribution in [1.82, 2.24) is 9.71 Å². The Morgan fingerprint density at radius 2 is 1.74 bits per heavy atom. The molecule has 0 saturated carbocycles. The molecule has 0 bridgehead atoms. The Balaban J connectivity index is 2.59. The number of nitrogens with one attached hydrogen (secondary N) is 1. The molecule has 2 aromatic rings. The van der Waals surface area contributed by atoms with Crippen molar-refractivity contribution in [2.75, 3.05) is 0 Å². The van der Waals surface area contributed by atoms with Gasteiger partial charge in [-0.25, -0.2) is 18.1 Å². The Morgan fingerprint density at radius 3 is 2.35 bits per heavy atom. The van der Waals surface area contributed by atoms with Crippen LogP contribution in [0.1, 0.15) is 31.3 Å². The fourth-order valence-corrected chi connectivity index (χ4v) is 3.73. The number of nitrogens with two attached hydrogens (primary N) is 1. The molecule has 2 rings (SSSR count). The van der Waals surface area contributed by atoms with Crippen LogP contribution in [-0.4, -0.2) is 24.8 Å². The van der Waals surface area contributed by atoms with Crippen LogP contribution >= 0.6 is 0 Å². The van der Waals surface area contributed by atoms with E-state index in [4.69, 9.17) is 5.73 Å². The zero-order chi connectivity index (χ0) is 17.3. The Morgan fingerprint density at radius 1 is 1.09 bits per heavy atom. The standard InChI is InChI=1S/C16H19N3O3S/c1-16(2,3)19-23(21,22)14-10-5-4-7-11(14)12-8-6-9-13(18-12)15(17)20/h4-10,19H,1-3H3,(H2,17,20). The molecule has 122 valence electrons. The summed E-state index contributed by atoms with van der Waals surface area (Å²) in [6.45, 7) is 5.29. The van der Waals surface area contributed by atoms with Crippen molar-refractivity contribution in [3.8, 4) is 11.3 Å². The van der Waals surface area contributed by atoms with Crippen molar-refractivity contribution in [2.45, 2.75) is 31.2 Å². The summed E-state index contributed by atoms with van der Waals surface area (Å²) in [5, 5.41) is 0. The van der Waals surface area contributed by atoms with Crippen LogP contribution in [-0.2, 0) is 10.0 Å². The third-order valence-corrected chi connectivity index (χ3v) is 4.71. The third kappa shape index (κ3) is 4.14. The minimum absolute atomic E-state index is 0.0819. The molecule has 0 saturated heterocycles. The fourth-order valence-electron chi connectivity index (χ4n) is 2.09. The molecular formula is C16H19N3O3S. The number of hydrogen-bond acceptors (Lipinski definition) is 4. The van der Waals surface area contributed by atoms with Gasteiger partial charge < -0.3 is 5.73 Å². The summed E-state index contributed by atoms with van der Waals surface area (Å²) in [6.07, 6.45) is 0. The van der Waals surface area contributed by atoms with E-state index in [0.717, 1.165) is 0 Å². The van der Waals surface area contributed by atoms with Crippen molar-refractivity contribution in [1.29, 1.82) is 0 Å². The number of rotatable bonds is 4. The van der Waals surface area contributed by atoms with E-state index in [2.05, 4.69) is 9.71 Å². The van der Waals surface area contributed by atoms with E-state index in [9.17, 15) is 13.2 Å². The zero-order valence-corrected chi connectivity index (χ0v) is 14.0. The molecule has 1 heterocycles. The number of amides is 1. The van der Waals surface area contributed by atoms with Gasteiger partial charge in [-0.05, 0) is 39.0 Å². The average molecular weight is 333 g/mol. The first-order valence-electron chi connectivity index (χ1n) is 7.00. The first-order chi connectivity index (χ1) is 10.6. The lowest BCUT2D eigenvalue weighted by atomic mass is 10.1. The van der Waals surface area contributed by atoms with E-state index in [0.29, 0.717) is 11.3 Å². The summed E-state index contributed by atoms with van der Waals surface area (Å²) in [5.41, 5.74) is 5.48. The van der Waals surface area contributed by atoms with Crippen molar-refractivity contribution >= 4 is 15.9 Å². The van der Waals surface area contributed by atoms with Gasteiger partial charge in [-0.3, -0.25) is 4.79 Å². The van der Waals surface area contributed by atoms with Crippen LogP contribution in [0.15, 0.2) is 47.4 Å². The summed E-state index contributed by atoms with van der Waals surface area (Å²) < 4.78 is 27.9. The highest BCUT2D eigenvalue weighted by Gasteiger charge is 2.25. The van der Waals surface area contributed by atoms with Crippen LogP contribution in [0.5, 0.6) is 0 Å². The average Bonchev–Trinajstić information content (AvgIpc) is 2.45. The van der Waals surface area contributed by atoms with Crippen LogP contribution in [0.4, 0.5) is 0 Å². The maximum atomic E-state index is 12.6. The van der Waals surface area contributed by atoms with Gasteiger partial charge in [0.25, 0.3) is 5.91 Å². The van der Waals surface area contributed by atoms with Gasteiger partial charge in [0, 0.05) is 11.1 Å². The van der Waals surface area contributed by atoms with Crippen LogP contribution in [0.25, 0.3) is 11.3 Å². The predicted octanol–water partition coefficient (Wildman–Crippen LogP) is 1.92. The minimum atomic E-state index is -3.74. The summed E-state index contributed by atoms with van der Waals surface area (Å²) >= 11 is 0. The zero-order valence-electron chi connectivity index (χ0n) is 13.2. The number of benzene rings is 1. The van der Waals surface area contributed by atoms with Crippen LogP contribution in [0.2, 0.25) is 0 Å². The lowest BCUT2D eigenvalue weighted by Gasteiger charge is -2.21. The fraction of sp³-hybridized carbons (Fsp3) is 0.250. The topological polar surface area (TPSA) is 102 Å². The van der Waals surface area contributed by atoms with Gasteiger partial charge in [0.1, 0.15) is 5.69 Å². The van der Waals surface area contributed by atoms with Gasteiger partial charge >= 0.3 is 0 Å². The smallest absolute Gasteiger partial charge is 0.267 e. The van der Waals surface area contributed by atoms with Crippen molar-refractivity contribution in [3.63, 3.8) is 0 Å². The predicted molar refractivity (Wildman–Crippen MR) is 88.3 cm³/mol. The number of hydrogen-bond donors (Lipinski definition) is 2. The monoisotopic (exact) mass is 333 g/mol. The molecule has 0 spiro atoms. The largest absolute Gasteiger partial charge is 0.364 e. The number of aromatic nitrogens is 1. The lowest BCUT2D eigenvalue weighted by molar-refractivity contribution is 0.0995. The second-order valence-corrected chi connectivity index (χ2v) is 7.77. The van der Waals surface area contributed by atoms with E-state index in [1.807, 2.05) is 0 Å². The highest BCUT2D eigenvalue weighted by atomic mass is 32.2. The van der Waals surface area contributed by atoms with Gasteiger partial charge in [-0.15, -0.1) is 0 Å². The van der Waals surface area contributed by atoms with Gasteiger partial charge in [0.05, 0.1) is 10.6 Å². The maximum Gasteiger partial charge on any atom is 0.267 e. The molecule has 6 nitrogen and oxygen atoms in total. The van der Waals surface area contributed by atoms with E-state index in [1.54, 1.807) is 51.1 Å². The highest BCUT2D eigenvalue weighted by Crippen LogP contribution is 2.26. The molecule has 1 aromatic heterocycles. The van der Waals surface area contributed by atoms with Crippen molar-refractivity contribution in [3.05, 3.63) is 48.2 Å².